The average Bonchev–Trinajstić information content (AvgIpc) is 3.20. The van der Waals surface area contributed by atoms with Crippen molar-refractivity contribution in [2.45, 2.75) is 80.3 Å². The number of fused-ring (bicyclic) bond motifs is 2. The Balaban J connectivity index is 0.000000528. The van der Waals surface area contributed by atoms with E-state index >= 15 is 0 Å². The molecule has 0 bridgehead atoms. The van der Waals surface area contributed by atoms with Gasteiger partial charge in [-0.25, -0.2) is 0 Å². The van der Waals surface area contributed by atoms with Gasteiger partial charge in [-0.15, -0.1) is 56.9 Å². The normalized spacial score (nSPS) is 10.3. The van der Waals surface area contributed by atoms with Gasteiger partial charge in [0, 0.05) is 0 Å². The summed E-state index contributed by atoms with van der Waals surface area (Å²) in [5.74, 6) is 1.22. The van der Waals surface area contributed by atoms with E-state index in [1.54, 1.807) is 23.3 Å². The number of halogens is 2. The summed E-state index contributed by atoms with van der Waals surface area (Å²) in [5.41, 5.74) is 8.64. The summed E-state index contributed by atoms with van der Waals surface area (Å²) in [6, 6.07) is 18.3. The van der Waals surface area contributed by atoms with E-state index in [1.165, 1.54) is 54.9 Å². The van der Waals surface area contributed by atoms with E-state index < -0.39 is 0 Å². The van der Waals surface area contributed by atoms with Crippen LogP contribution in [0.3, 0.4) is 0 Å². The molecule has 0 aliphatic heterocycles. The Morgan fingerprint density at radius 3 is 1.18 bits per heavy atom. The minimum Gasteiger partial charge on any atom is -1.00 e. The van der Waals surface area contributed by atoms with Crippen molar-refractivity contribution in [1.29, 1.82) is 0 Å². The van der Waals surface area contributed by atoms with E-state index in [0.717, 1.165) is 0 Å². The Morgan fingerprint density at radius 1 is 0.618 bits per heavy atom. The molecule has 4 aromatic carbocycles. The molecule has 0 unspecified atom stereocenters. The van der Waals surface area contributed by atoms with Crippen molar-refractivity contribution in [2.24, 2.45) is 0 Å². The summed E-state index contributed by atoms with van der Waals surface area (Å²) in [6.07, 6.45) is 0. The maximum Gasteiger partial charge on any atom is -0.0308 e. The number of rotatable bonds is 2. The summed E-state index contributed by atoms with van der Waals surface area (Å²) >= 11 is 1.74. The molecular formula is C30H40Cl2SiZr-2. The molecule has 34 heavy (non-hydrogen) atoms. The van der Waals surface area contributed by atoms with E-state index in [4.69, 9.17) is 0 Å². The summed E-state index contributed by atoms with van der Waals surface area (Å²) in [4.78, 5) is 0. The molecule has 0 spiro atoms. The second-order valence-corrected chi connectivity index (χ2v) is 19.5. The maximum atomic E-state index is 2.31. The van der Waals surface area contributed by atoms with Gasteiger partial charge in [0.1, 0.15) is 0 Å². The van der Waals surface area contributed by atoms with Crippen LogP contribution < -0.4 is 24.8 Å². The van der Waals surface area contributed by atoms with Crippen LogP contribution in [0, 0.1) is 27.7 Å². The summed E-state index contributed by atoms with van der Waals surface area (Å²) in [7, 11) is 0. The molecule has 0 aliphatic rings. The van der Waals surface area contributed by atoms with Gasteiger partial charge in [0.2, 0.25) is 0 Å². The fourth-order valence-electron chi connectivity index (χ4n) is 4.27. The van der Waals surface area contributed by atoms with Crippen molar-refractivity contribution in [3.05, 3.63) is 81.9 Å². The van der Waals surface area contributed by atoms with Crippen LogP contribution in [0.2, 0.25) is 13.1 Å². The molecule has 4 rings (SSSR count). The zero-order valence-corrected chi connectivity index (χ0v) is 27.5. The first-order valence-corrected chi connectivity index (χ1v) is 17.9. The quantitative estimate of drug-likeness (QED) is 0.248. The van der Waals surface area contributed by atoms with Crippen molar-refractivity contribution in [1.82, 2.24) is 0 Å². The van der Waals surface area contributed by atoms with Crippen molar-refractivity contribution in [3.8, 4) is 0 Å². The predicted octanol–water partition coefficient (Wildman–Crippen LogP) is 3.39. The molecule has 0 saturated carbocycles. The molecule has 0 nitrogen and oxygen atoms in total. The van der Waals surface area contributed by atoms with Crippen molar-refractivity contribution in [2.75, 3.05) is 0 Å². The third kappa shape index (κ3) is 9.42. The molecular weight excluding hydrogens is 551 g/mol. The molecule has 0 heterocycles. The first-order valence-electron chi connectivity index (χ1n) is 11.8. The van der Waals surface area contributed by atoms with Crippen molar-refractivity contribution in [3.63, 3.8) is 0 Å². The summed E-state index contributed by atoms with van der Waals surface area (Å²) in [6.45, 7) is 22.3. The molecule has 0 amide bonds. The van der Waals surface area contributed by atoms with Crippen molar-refractivity contribution >= 4 is 27.0 Å². The summed E-state index contributed by atoms with van der Waals surface area (Å²) in [5, 5.41) is 5.66. The molecule has 4 aromatic rings. The topological polar surface area (TPSA) is 0 Å². The van der Waals surface area contributed by atoms with Gasteiger partial charge in [-0.05, 0) is 25.7 Å². The molecule has 0 atom stereocenters. The smallest absolute Gasteiger partial charge is 0.0308 e. The third-order valence-electron chi connectivity index (χ3n) is 5.53. The van der Waals surface area contributed by atoms with Gasteiger partial charge in [0.05, 0.1) is 0 Å². The van der Waals surface area contributed by atoms with E-state index in [2.05, 4.69) is 117 Å². The van der Waals surface area contributed by atoms with E-state index in [1.807, 2.05) is 0 Å². The standard InChI is InChI=1S/2C14H17.C2H6Si.2ClH.Zr/c2*1-9(2)13-7-10(3)5-12-6-11(4)8-14(12)13;1-3-2;;;/h2*5-9H,1-4H3;1-2H3;2*1H;/q2*-1;;;;+2/p-2. The third-order valence-corrected chi connectivity index (χ3v) is 5.53. The second-order valence-electron chi connectivity index (χ2n) is 10.1. The van der Waals surface area contributed by atoms with Crippen LogP contribution in [0.1, 0.15) is 72.9 Å². The number of hydrogen-bond acceptors (Lipinski definition) is 0. The largest absolute Gasteiger partial charge is 1.00 e. The zero-order valence-electron chi connectivity index (χ0n) is 22.5. The van der Waals surface area contributed by atoms with Gasteiger partial charge in [0.25, 0.3) is 0 Å². The SMILES string of the molecule is C[Si](C)=[Zr+2].Cc1cc(C(C)C)c2cc(C)[cH-]c2c1.Cc1cc(C(C)C)c2cc(C)[cH-]c2c1.[Cl-].[Cl-]. The van der Waals surface area contributed by atoms with Gasteiger partial charge < -0.3 is 24.8 Å². The monoisotopic (exact) mass is 588 g/mol. The first-order chi connectivity index (χ1) is 14.9. The van der Waals surface area contributed by atoms with Crippen LogP contribution in [0.25, 0.3) is 21.5 Å². The number of hydrogen-bond donors (Lipinski definition) is 0. The minimum atomic E-state index is 0. The molecule has 0 saturated heterocycles. The number of aryl methyl sites for hydroxylation is 4. The van der Waals surface area contributed by atoms with E-state index in [-0.39, 0.29) is 30.2 Å². The van der Waals surface area contributed by atoms with E-state index in [0.29, 0.717) is 11.8 Å². The molecule has 0 radical (unpaired) electrons. The predicted molar refractivity (Wildman–Crippen MR) is 144 cm³/mol. The molecule has 0 fully saturated rings. The molecule has 0 N–H and O–H groups in total. The van der Waals surface area contributed by atoms with Crippen LogP contribution >= 0.6 is 0 Å². The Hall–Kier alpha value is -0.660. The van der Waals surface area contributed by atoms with Crippen LogP contribution in [0.15, 0.2) is 48.5 Å². The van der Waals surface area contributed by atoms with E-state index in [9.17, 15) is 0 Å². The molecule has 0 aromatic heterocycles. The zero-order chi connectivity index (χ0) is 24.2. The fraction of sp³-hybridized carbons (Fsp3) is 0.400. The molecule has 184 valence electrons. The first kappa shape index (κ1) is 33.3. The Labute approximate surface area is 235 Å². The Kier molecular flexibility index (Phi) is 14.5. The summed E-state index contributed by atoms with van der Waals surface area (Å²) < 4.78 is 0. The fourth-order valence-corrected chi connectivity index (χ4v) is 4.27. The average molecular weight is 591 g/mol. The van der Waals surface area contributed by atoms with Gasteiger partial charge in [-0.1, -0.05) is 75.9 Å². The maximum absolute atomic E-state index is 2.31. The Morgan fingerprint density at radius 2 is 0.912 bits per heavy atom. The van der Waals surface area contributed by atoms with Gasteiger partial charge in [0.15, 0.2) is 0 Å². The molecule has 0 aliphatic carbocycles. The van der Waals surface area contributed by atoms with Crippen LogP contribution in [0.5, 0.6) is 0 Å². The van der Waals surface area contributed by atoms with Crippen LogP contribution in [0.4, 0.5) is 0 Å². The van der Waals surface area contributed by atoms with Crippen LogP contribution in [-0.4, -0.2) is 5.43 Å². The Bertz CT molecular complexity index is 1120. The molecule has 4 heteroatoms. The minimum absolute atomic E-state index is 0. The van der Waals surface area contributed by atoms with Crippen LogP contribution in [-0.2, 0) is 23.3 Å². The van der Waals surface area contributed by atoms with Gasteiger partial charge in [-0.2, -0.15) is 12.1 Å². The number of benzene rings is 2. The van der Waals surface area contributed by atoms with Crippen molar-refractivity contribution < 1.29 is 48.1 Å². The second kappa shape index (κ2) is 14.8. The van der Waals surface area contributed by atoms with Gasteiger partial charge >= 0.3 is 41.9 Å². The van der Waals surface area contributed by atoms with Gasteiger partial charge in [-0.3, -0.25) is 0 Å².